The van der Waals surface area contributed by atoms with Crippen molar-refractivity contribution in [1.82, 2.24) is 5.32 Å². The monoisotopic (exact) mass is 312 g/mol. The Balaban J connectivity index is 2.21. The third-order valence-corrected chi connectivity index (χ3v) is 4.03. The van der Waals surface area contributed by atoms with Crippen LogP contribution in [0.4, 0.5) is 5.69 Å². The van der Waals surface area contributed by atoms with E-state index in [1.54, 1.807) is 6.07 Å². The van der Waals surface area contributed by atoms with E-state index in [2.05, 4.69) is 21.2 Å². The van der Waals surface area contributed by atoms with Crippen LogP contribution in [0.25, 0.3) is 0 Å². The molecular weight excluding hydrogens is 300 g/mol. The summed E-state index contributed by atoms with van der Waals surface area (Å²) >= 11 is 3.26. The van der Waals surface area contributed by atoms with Crippen molar-refractivity contribution in [3.05, 3.63) is 38.3 Å². The lowest BCUT2D eigenvalue weighted by Gasteiger charge is -2.21. The van der Waals surface area contributed by atoms with Crippen LogP contribution in [0.1, 0.15) is 12.0 Å². The van der Waals surface area contributed by atoms with Crippen molar-refractivity contribution >= 4 is 27.4 Å². The number of halogens is 1. The molecule has 0 aliphatic carbocycles. The van der Waals surface area contributed by atoms with Gasteiger partial charge in [0.25, 0.3) is 5.69 Å². The minimum Gasteiger partial charge on any atom is -0.316 e. The minimum absolute atomic E-state index is 0.0451. The van der Waals surface area contributed by atoms with Crippen LogP contribution in [-0.4, -0.2) is 23.8 Å². The molecule has 0 bridgehead atoms. The summed E-state index contributed by atoms with van der Waals surface area (Å²) in [5, 5.41) is 14.0. The predicted octanol–water partition coefficient (Wildman–Crippen LogP) is 2.08. The number of rotatable bonds is 3. The number of benzene rings is 1. The third-order valence-electron chi connectivity index (χ3n) is 3.12. The van der Waals surface area contributed by atoms with Crippen molar-refractivity contribution in [2.24, 2.45) is 5.92 Å². The molecule has 0 aromatic heterocycles. The molecule has 1 saturated heterocycles. The summed E-state index contributed by atoms with van der Waals surface area (Å²) in [4.78, 5) is 22.1. The van der Waals surface area contributed by atoms with Crippen molar-refractivity contribution in [3.8, 4) is 0 Å². The van der Waals surface area contributed by atoms with Crippen LogP contribution in [0.5, 0.6) is 0 Å². The molecule has 1 aromatic rings. The first-order valence-corrected chi connectivity index (χ1v) is 6.54. The summed E-state index contributed by atoms with van der Waals surface area (Å²) in [5.41, 5.74) is 0.856. The Kier molecular flexibility index (Phi) is 4.08. The summed E-state index contributed by atoms with van der Waals surface area (Å²) in [5.74, 6) is 0.143. The van der Waals surface area contributed by atoms with Gasteiger partial charge in [0.15, 0.2) is 0 Å². The van der Waals surface area contributed by atoms with E-state index in [1.807, 2.05) is 6.07 Å². The predicted molar refractivity (Wildman–Crippen MR) is 70.5 cm³/mol. The number of nitro groups is 1. The maximum atomic E-state index is 11.7. The highest BCUT2D eigenvalue weighted by Crippen LogP contribution is 2.30. The van der Waals surface area contributed by atoms with Crippen molar-refractivity contribution in [3.63, 3.8) is 0 Å². The molecule has 0 radical (unpaired) electrons. The van der Waals surface area contributed by atoms with Gasteiger partial charge in [0.05, 0.1) is 9.40 Å². The molecule has 0 spiro atoms. The Morgan fingerprint density at radius 3 is 2.94 bits per heavy atom. The number of ketones is 1. The van der Waals surface area contributed by atoms with Gasteiger partial charge < -0.3 is 5.32 Å². The first-order valence-electron chi connectivity index (χ1n) is 5.75. The standard InChI is InChI=1S/C12H13BrN2O3/c13-12-8(2-1-3-10(12)15(17)18)6-9-7-14-5-4-11(9)16/h1-3,9,14H,4-7H2. The number of Topliss-reactive ketones (excluding diaryl/α,β-unsaturated/α-hetero) is 1. The van der Waals surface area contributed by atoms with Gasteiger partial charge >= 0.3 is 0 Å². The fourth-order valence-corrected chi connectivity index (χ4v) is 2.69. The number of carbonyl (C=O) groups is 1. The van der Waals surface area contributed by atoms with Crippen LogP contribution >= 0.6 is 15.9 Å². The zero-order chi connectivity index (χ0) is 13.1. The van der Waals surface area contributed by atoms with Gasteiger partial charge in [-0.2, -0.15) is 0 Å². The number of hydrogen-bond acceptors (Lipinski definition) is 4. The topological polar surface area (TPSA) is 72.2 Å². The van der Waals surface area contributed by atoms with E-state index < -0.39 is 4.92 Å². The molecule has 1 aliphatic rings. The highest BCUT2D eigenvalue weighted by Gasteiger charge is 2.24. The Hall–Kier alpha value is -1.27. The molecule has 0 saturated carbocycles. The summed E-state index contributed by atoms with van der Waals surface area (Å²) in [7, 11) is 0. The van der Waals surface area contributed by atoms with E-state index in [4.69, 9.17) is 0 Å². The van der Waals surface area contributed by atoms with Crippen LogP contribution in [0.3, 0.4) is 0 Å². The third kappa shape index (κ3) is 2.76. The normalized spacial score (nSPS) is 19.8. The van der Waals surface area contributed by atoms with Gasteiger partial charge in [-0.25, -0.2) is 0 Å². The summed E-state index contributed by atoms with van der Waals surface area (Å²) < 4.78 is 0.480. The lowest BCUT2D eigenvalue weighted by molar-refractivity contribution is -0.385. The zero-order valence-electron chi connectivity index (χ0n) is 9.69. The van der Waals surface area contributed by atoms with Crippen LogP contribution < -0.4 is 5.32 Å². The molecule has 6 heteroatoms. The number of nitrogens with one attached hydrogen (secondary N) is 1. The molecule has 5 nitrogen and oxygen atoms in total. The Morgan fingerprint density at radius 2 is 2.28 bits per heavy atom. The molecule has 1 atom stereocenters. The molecular formula is C12H13BrN2O3. The van der Waals surface area contributed by atoms with Crippen molar-refractivity contribution < 1.29 is 9.72 Å². The lowest BCUT2D eigenvalue weighted by atomic mass is 9.91. The average Bonchev–Trinajstić information content (AvgIpc) is 2.34. The number of carbonyl (C=O) groups excluding carboxylic acids is 1. The second-order valence-corrected chi connectivity index (χ2v) is 5.12. The van der Waals surface area contributed by atoms with Crippen LogP contribution in [0.15, 0.2) is 22.7 Å². The van der Waals surface area contributed by atoms with Crippen LogP contribution in [0, 0.1) is 16.0 Å². The van der Waals surface area contributed by atoms with Crippen LogP contribution in [0.2, 0.25) is 0 Å². The molecule has 1 unspecified atom stereocenters. The zero-order valence-corrected chi connectivity index (χ0v) is 11.3. The highest BCUT2D eigenvalue weighted by molar-refractivity contribution is 9.10. The Bertz CT molecular complexity index is 490. The van der Waals surface area contributed by atoms with E-state index in [0.717, 1.165) is 12.1 Å². The largest absolute Gasteiger partial charge is 0.316 e. The van der Waals surface area contributed by atoms with Crippen molar-refractivity contribution in [2.75, 3.05) is 13.1 Å². The fraction of sp³-hybridized carbons (Fsp3) is 0.417. The summed E-state index contributed by atoms with van der Waals surface area (Å²) in [6.07, 6.45) is 1.07. The first kappa shape index (κ1) is 13.2. The quantitative estimate of drug-likeness (QED) is 0.685. The van der Waals surface area contributed by atoms with Gasteiger partial charge in [-0.05, 0) is 27.9 Å². The number of nitro benzene ring substituents is 1. The number of hydrogen-bond donors (Lipinski definition) is 1. The second-order valence-electron chi connectivity index (χ2n) is 4.33. The van der Waals surface area contributed by atoms with Crippen LogP contribution in [-0.2, 0) is 11.2 Å². The van der Waals surface area contributed by atoms with Gasteiger partial charge in [0.2, 0.25) is 0 Å². The van der Waals surface area contributed by atoms with E-state index in [9.17, 15) is 14.9 Å². The van der Waals surface area contributed by atoms with Crippen molar-refractivity contribution in [2.45, 2.75) is 12.8 Å². The van der Waals surface area contributed by atoms with Gasteiger partial charge in [0, 0.05) is 31.5 Å². The molecule has 1 aromatic carbocycles. The fourth-order valence-electron chi connectivity index (χ4n) is 2.12. The maximum Gasteiger partial charge on any atom is 0.283 e. The highest BCUT2D eigenvalue weighted by atomic mass is 79.9. The van der Waals surface area contributed by atoms with Crippen molar-refractivity contribution in [1.29, 1.82) is 0 Å². The van der Waals surface area contributed by atoms with Gasteiger partial charge in [-0.1, -0.05) is 12.1 Å². The van der Waals surface area contributed by atoms with Gasteiger partial charge in [-0.3, -0.25) is 14.9 Å². The van der Waals surface area contributed by atoms with E-state index in [-0.39, 0.29) is 17.4 Å². The minimum atomic E-state index is -0.422. The molecule has 2 rings (SSSR count). The molecule has 1 aliphatic heterocycles. The second kappa shape index (κ2) is 5.58. The lowest BCUT2D eigenvalue weighted by Crippen LogP contribution is -2.38. The smallest absolute Gasteiger partial charge is 0.283 e. The Morgan fingerprint density at radius 1 is 1.50 bits per heavy atom. The van der Waals surface area contributed by atoms with Gasteiger partial charge in [0.1, 0.15) is 5.78 Å². The summed E-state index contributed by atoms with van der Waals surface area (Å²) in [6, 6.07) is 4.92. The van der Waals surface area contributed by atoms with Gasteiger partial charge in [-0.15, -0.1) is 0 Å². The molecule has 1 heterocycles. The molecule has 1 N–H and O–H groups in total. The molecule has 1 fully saturated rings. The Labute approximate surface area is 113 Å². The first-order chi connectivity index (χ1) is 8.59. The molecule has 18 heavy (non-hydrogen) atoms. The number of piperidine rings is 1. The number of nitrogens with zero attached hydrogens (tertiary/aromatic N) is 1. The SMILES string of the molecule is O=C1CCNCC1Cc1cccc([N+](=O)[O-])c1Br. The summed E-state index contributed by atoms with van der Waals surface area (Å²) in [6.45, 7) is 1.37. The molecule has 0 amide bonds. The average molecular weight is 313 g/mol. The molecule has 96 valence electrons. The van der Waals surface area contributed by atoms with E-state index in [0.29, 0.717) is 23.9 Å². The maximum absolute atomic E-state index is 11.7. The van der Waals surface area contributed by atoms with E-state index >= 15 is 0 Å². The van der Waals surface area contributed by atoms with E-state index in [1.165, 1.54) is 6.07 Å².